The van der Waals surface area contributed by atoms with Gasteiger partial charge in [0, 0.05) is 32.1 Å². The molecule has 2 amide bonds. The first-order valence-corrected chi connectivity index (χ1v) is 10.7. The van der Waals surface area contributed by atoms with Crippen LogP contribution in [0.5, 0.6) is 5.75 Å². The SMILES string of the molecule is CC(=O)N1Cc2ccccc2OC2(CCC(N(C)C(=O)c3cccs3)CC2)C1. The molecule has 0 bridgehead atoms. The highest BCUT2D eigenvalue weighted by molar-refractivity contribution is 7.12. The van der Waals surface area contributed by atoms with E-state index in [1.54, 1.807) is 6.92 Å². The molecule has 4 rings (SSSR count). The van der Waals surface area contributed by atoms with Crippen molar-refractivity contribution in [2.24, 2.45) is 0 Å². The van der Waals surface area contributed by atoms with Crippen molar-refractivity contribution in [2.45, 2.75) is 50.8 Å². The van der Waals surface area contributed by atoms with Crippen LogP contribution in [-0.4, -0.2) is 46.8 Å². The minimum Gasteiger partial charge on any atom is -0.485 e. The number of rotatable bonds is 2. The standard InChI is InChI=1S/C22H26N2O3S/c1-16(25)24-14-17-6-3-4-7-19(17)27-22(15-24)11-9-18(10-12-22)23(2)21(26)20-8-5-13-28-20/h3-8,13,18H,9-12,14-15H2,1-2H3. The van der Waals surface area contributed by atoms with Crippen LogP contribution >= 0.6 is 11.3 Å². The van der Waals surface area contributed by atoms with Crippen molar-refractivity contribution in [3.8, 4) is 5.75 Å². The van der Waals surface area contributed by atoms with Crippen LogP contribution in [0.3, 0.4) is 0 Å². The number of hydrogen-bond donors (Lipinski definition) is 0. The maximum Gasteiger partial charge on any atom is 0.263 e. The number of carbonyl (C=O) groups excluding carboxylic acids is 2. The highest BCUT2D eigenvalue weighted by atomic mass is 32.1. The number of ether oxygens (including phenoxy) is 1. The summed E-state index contributed by atoms with van der Waals surface area (Å²) < 4.78 is 6.53. The van der Waals surface area contributed by atoms with E-state index in [2.05, 4.69) is 0 Å². The van der Waals surface area contributed by atoms with Crippen molar-refractivity contribution in [3.05, 3.63) is 52.2 Å². The number of benzene rings is 1. The molecule has 1 saturated carbocycles. The average Bonchev–Trinajstić information content (AvgIpc) is 3.17. The Bertz CT molecular complexity index is 856. The molecule has 1 aliphatic carbocycles. The zero-order valence-electron chi connectivity index (χ0n) is 16.4. The molecule has 1 aromatic heterocycles. The summed E-state index contributed by atoms with van der Waals surface area (Å²) in [5.74, 6) is 1.05. The number of carbonyl (C=O) groups is 2. The van der Waals surface area contributed by atoms with E-state index in [4.69, 9.17) is 4.74 Å². The Morgan fingerprint density at radius 2 is 1.93 bits per heavy atom. The average molecular weight is 399 g/mol. The van der Waals surface area contributed by atoms with Gasteiger partial charge in [-0.2, -0.15) is 0 Å². The maximum atomic E-state index is 12.7. The van der Waals surface area contributed by atoms with Crippen LogP contribution in [0.4, 0.5) is 0 Å². The maximum absolute atomic E-state index is 12.7. The van der Waals surface area contributed by atoms with Gasteiger partial charge in [-0.15, -0.1) is 11.3 Å². The van der Waals surface area contributed by atoms with Crippen LogP contribution in [-0.2, 0) is 11.3 Å². The zero-order chi connectivity index (χ0) is 19.7. The molecule has 6 heteroatoms. The monoisotopic (exact) mass is 398 g/mol. The van der Waals surface area contributed by atoms with E-state index in [1.807, 2.05) is 58.6 Å². The number of para-hydroxylation sites is 1. The smallest absolute Gasteiger partial charge is 0.263 e. The Morgan fingerprint density at radius 1 is 1.18 bits per heavy atom. The van der Waals surface area contributed by atoms with Gasteiger partial charge in [-0.05, 0) is 43.2 Å². The molecule has 1 fully saturated rings. The van der Waals surface area contributed by atoms with E-state index in [0.29, 0.717) is 13.1 Å². The molecule has 0 atom stereocenters. The molecule has 5 nitrogen and oxygen atoms in total. The summed E-state index contributed by atoms with van der Waals surface area (Å²) in [7, 11) is 1.90. The molecule has 0 N–H and O–H groups in total. The molecule has 2 heterocycles. The quantitative estimate of drug-likeness (QED) is 0.770. The summed E-state index contributed by atoms with van der Waals surface area (Å²) in [5.41, 5.74) is 0.684. The van der Waals surface area contributed by atoms with Crippen molar-refractivity contribution >= 4 is 23.2 Å². The van der Waals surface area contributed by atoms with Crippen LogP contribution in [0, 0.1) is 0 Å². The Morgan fingerprint density at radius 3 is 2.61 bits per heavy atom. The fourth-order valence-corrected chi connectivity index (χ4v) is 5.05. The fourth-order valence-electron chi connectivity index (χ4n) is 4.35. The fraction of sp³-hybridized carbons (Fsp3) is 0.455. The number of fused-ring (bicyclic) bond motifs is 1. The van der Waals surface area contributed by atoms with Gasteiger partial charge in [0.25, 0.3) is 5.91 Å². The molecule has 0 saturated heterocycles. The van der Waals surface area contributed by atoms with Crippen molar-refractivity contribution in [1.29, 1.82) is 0 Å². The molecule has 148 valence electrons. The molecular formula is C22H26N2O3S. The predicted octanol–water partition coefficient (Wildman–Crippen LogP) is 3.94. The second-order valence-electron chi connectivity index (χ2n) is 7.89. The lowest BCUT2D eigenvalue weighted by Crippen LogP contribution is -2.52. The highest BCUT2D eigenvalue weighted by Crippen LogP contribution is 2.39. The van der Waals surface area contributed by atoms with Gasteiger partial charge in [0.05, 0.1) is 11.4 Å². The summed E-state index contributed by atoms with van der Waals surface area (Å²) in [6, 6.07) is 12.0. The second kappa shape index (κ2) is 7.59. The lowest BCUT2D eigenvalue weighted by molar-refractivity contribution is -0.132. The molecule has 1 aromatic carbocycles. The van der Waals surface area contributed by atoms with E-state index < -0.39 is 0 Å². The molecule has 1 aliphatic heterocycles. The van der Waals surface area contributed by atoms with Gasteiger partial charge in [-0.1, -0.05) is 24.3 Å². The first kappa shape index (κ1) is 19.0. The van der Waals surface area contributed by atoms with Gasteiger partial charge in [0.1, 0.15) is 11.4 Å². The number of amides is 2. The largest absolute Gasteiger partial charge is 0.485 e. The van der Waals surface area contributed by atoms with Gasteiger partial charge in [-0.25, -0.2) is 0 Å². The van der Waals surface area contributed by atoms with E-state index in [-0.39, 0.29) is 23.5 Å². The lowest BCUT2D eigenvalue weighted by Gasteiger charge is -2.43. The van der Waals surface area contributed by atoms with Crippen LogP contribution in [0.2, 0.25) is 0 Å². The van der Waals surface area contributed by atoms with E-state index in [0.717, 1.165) is 41.9 Å². The summed E-state index contributed by atoms with van der Waals surface area (Å²) in [4.78, 5) is 29.4. The third-order valence-electron chi connectivity index (χ3n) is 6.05. The van der Waals surface area contributed by atoms with Crippen LogP contribution in [0.1, 0.15) is 47.8 Å². The van der Waals surface area contributed by atoms with Gasteiger partial charge in [0.15, 0.2) is 0 Å². The predicted molar refractivity (Wildman–Crippen MR) is 110 cm³/mol. The zero-order valence-corrected chi connectivity index (χ0v) is 17.2. The lowest BCUT2D eigenvalue weighted by atomic mass is 9.81. The number of hydrogen-bond acceptors (Lipinski definition) is 4. The molecule has 2 aromatic rings. The third kappa shape index (κ3) is 3.65. The van der Waals surface area contributed by atoms with Crippen molar-refractivity contribution in [3.63, 3.8) is 0 Å². The minimum absolute atomic E-state index is 0.0757. The molecule has 1 spiro atoms. The summed E-state index contributed by atoms with van der Waals surface area (Å²) in [6.45, 7) is 2.82. The number of nitrogens with zero attached hydrogens (tertiary/aromatic N) is 2. The van der Waals surface area contributed by atoms with Gasteiger partial charge in [0.2, 0.25) is 5.91 Å². The van der Waals surface area contributed by atoms with Gasteiger partial charge < -0.3 is 14.5 Å². The van der Waals surface area contributed by atoms with Crippen molar-refractivity contribution in [2.75, 3.05) is 13.6 Å². The first-order valence-electron chi connectivity index (χ1n) is 9.80. The van der Waals surface area contributed by atoms with Crippen LogP contribution in [0.25, 0.3) is 0 Å². The topological polar surface area (TPSA) is 49.9 Å². The summed E-state index contributed by atoms with van der Waals surface area (Å²) in [5, 5.41) is 1.93. The molecule has 0 unspecified atom stereocenters. The van der Waals surface area contributed by atoms with Crippen LogP contribution < -0.4 is 4.74 Å². The Labute approximate surface area is 169 Å². The Kier molecular flexibility index (Phi) is 5.15. The minimum atomic E-state index is -0.373. The molecule has 0 radical (unpaired) electrons. The van der Waals surface area contributed by atoms with Crippen LogP contribution in [0.15, 0.2) is 41.8 Å². The first-order chi connectivity index (χ1) is 13.5. The number of thiophene rings is 1. The Balaban J connectivity index is 1.50. The van der Waals surface area contributed by atoms with Gasteiger partial charge in [-0.3, -0.25) is 9.59 Å². The molecular weight excluding hydrogens is 372 g/mol. The van der Waals surface area contributed by atoms with Crippen molar-refractivity contribution in [1.82, 2.24) is 9.80 Å². The third-order valence-corrected chi connectivity index (χ3v) is 6.91. The molecule has 28 heavy (non-hydrogen) atoms. The molecule has 2 aliphatic rings. The second-order valence-corrected chi connectivity index (χ2v) is 8.84. The summed E-state index contributed by atoms with van der Waals surface area (Å²) in [6.07, 6.45) is 3.42. The normalized spacial score (nSPS) is 24.2. The van der Waals surface area contributed by atoms with E-state index in [9.17, 15) is 9.59 Å². The van der Waals surface area contributed by atoms with Gasteiger partial charge >= 0.3 is 0 Å². The highest BCUT2D eigenvalue weighted by Gasteiger charge is 2.43. The van der Waals surface area contributed by atoms with E-state index in [1.165, 1.54) is 11.3 Å². The van der Waals surface area contributed by atoms with Crippen molar-refractivity contribution < 1.29 is 14.3 Å². The Hall–Kier alpha value is -2.34. The summed E-state index contributed by atoms with van der Waals surface area (Å²) >= 11 is 1.48. The van der Waals surface area contributed by atoms with E-state index >= 15 is 0 Å².